The minimum absolute atomic E-state index is 0.165. The van der Waals surface area contributed by atoms with Gasteiger partial charge in [-0.25, -0.2) is 0 Å². The summed E-state index contributed by atoms with van der Waals surface area (Å²) in [6.45, 7) is 1.57. The van der Waals surface area contributed by atoms with Crippen LogP contribution in [0.4, 0.5) is 5.69 Å². The highest BCUT2D eigenvalue weighted by atomic mass is 16.5. The number of hydrogen-bond acceptors (Lipinski definition) is 4. The van der Waals surface area contributed by atoms with Crippen LogP contribution in [0.3, 0.4) is 0 Å². The van der Waals surface area contributed by atoms with Gasteiger partial charge in [-0.05, 0) is 36.6 Å². The van der Waals surface area contributed by atoms with Crippen LogP contribution in [-0.2, 0) is 20.7 Å². The Morgan fingerprint density at radius 2 is 1.57 bits per heavy atom. The maximum Gasteiger partial charge on any atom is 0.306 e. The van der Waals surface area contributed by atoms with E-state index in [1.807, 2.05) is 78.9 Å². The Balaban J connectivity index is 1.58. The molecule has 1 unspecified atom stereocenters. The van der Waals surface area contributed by atoms with E-state index >= 15 is 0 Å². The van der Waals surface area contributed by atoms with Crippen molar-refractivity contribution in [3.63, 3.8) is 0 Å². The summed E-state index contributed by atoms with van der Waals surface area (Å²) in [5, 5.41) is 2.87. The number of carbonyl (C=O) groups excluding carboxylic acids is 2. The molecule has 5 heteroatoms. The lowest BCUT2D eigenvalue weighted by atomic mass is 10.0. The van der Waals surface area contributed by atoms with Gasteiger partial charge >= 0.3 is 5.97 Å². The molecule has 3 aromatic carbocycles. The molecular formula is C25H25NO4. The quantitative estimate of drug-likeness (QED) is 0.545. The van der Waals surface area contributed by atoms with Gasteiger partial charge in [-0.15, -0.1) is 0 Å². The Morgan fingerprint density at radius 3 is 2.33 bits per heavy atom. The lowest BCUT2D eigenvalue weighted by Crippen LogP contribution is -2.30. The number of aryl methyl sites for hydroxylation is 1. The van der Waals surface area contributed by atoms with Gasteiger partial charge in [0, 0.05) is 17.7 Å². The van der Waals surface area contributed by atoms with Crippen molar-refractivity contribution < 1.29 is 19.1 Å². The molecule has 0 bridgehead atoms. The average Bonchev–Trinajstić information content (AvgIpc) is 2.78. The van der Waals surface area contributed by atoms with Crippen molar-refractivity contribution in [2.24, 2.45) is 0 Å². The Morgan fingerprint density at radius 1 is 0.900 bits per heavy atom. The van der Waals surface area contributed by atoms with Gasteiger partial charge in [0.2, 0.25) is 0 Å². The number of para-hydroxylation sites is 2. The number of ether oxygens (including phenoxy) is 2. The molecule has 0 saturated heterocycles. The molecule has 5 nitrogen and oxygen atoms in total. The summed E-state index contributed by atoms with van der Waals surface area (Å²) in [5.74, 6) is -0.0717. The van der Waals surface area contributed by atoms with Crippen LogP contribution in [0.2, 0.25) is 0 Å². The SMILES string of the molecule is COc1ccccc1CCC(=O)OC(C)C(=O)Nc1ccccc1-c1ccccc1. The fourth-order valence-electron chi connectivity index (χ4n) is 3.15. The Hall–Kier alpha value is -3.60. The van der Waals surface area contributed by atoms with Crippen LogP contribution >= 0.6 is 0 Å². The van der Waals surface area contributed by atoms with E-state index in [1.54, 1.807) is 14.0 Å². The van der Waals surface area contributed by atoms with Crippen molar-refractivity contribution in [3.05, 3.63) is 84.4 Å². The number of hydrogen-bond donors (Lipinski definition) is 1. The van der Waals surface area contributed by atoms with Crippen molar-refractivity contribution >= 4 is 17.6 Å². The fourth-order valence-corrected chi connectivity index (χ4v) is 3.15. The van der Waals surface area contributed by atoms with Gasteiger partial charge in [0.15, 0.2) is 6.10 Å². The second-order valence-electron chi connectivity index (χ2n) is 6.84. The van der Waals surface area contributed by atoms with E-state index < -0.39 is 12.1 Å². The van der Waals surface area contributed by atoms with Gasteiger partial charge in [-0.3, -0.25) is 9.59 Å². The molecule has 0 aliphatic carbocycles. The molecule has 154 valence electrons. The number of benzene rings is 3. The zero-order valence-electron chi connectivity index (χ0n) is 17.1. The third kappa shape index (κ3) is 5.47. The molecule has 1 atom stereocenters. The second-order valence-corrected chi connectivity index (χ2v) is 6.84. The van der Waals surface area contributed by atoms with Crippen molar-refractivity contribution in [1.29, 1.82) is 0 Å². The molecule has 1 N–H and O–H groups in total. The van der Waals surface area contributed by atoms with Gasteiger partial charge in [0.05, 0.1) is 7.11 Å². The highest BCUT2D eigenvalue weighted by Crippen LogP contribution is 2.27. The lowest BCUT2D eigenvalue weighted by molar-refractivity contribution is -0.153. The number of carbonyl (C=O) groups is 2. The van der Waals surface area contributed by atoms with Gasteiger partial charge in [-0.1, -0.05) is 66.7 Å². The smallest absolute Gasteiger partial charge is 0.306 e. The monoisotopic (exact) mass is 403 g/mol. The largest absolute Gasteiger partial charge is 0.496 e. The van der Waals surface area contributed by atoms with Gasteiger partial charge < -0.3 is 14.8 Å². The molecule has 3 rings (SSSR count). The molecule has 0 saturated carbocycles. The summed E-state index contributed by atoms with van der Waals surface area (Å²) in [7, 11) is 1.59. The highest BCUT2D eigenvalue weighted by Gasteiger charge is 2.19. The number of methoxy groups -OCH3 is 1. The van der Waals surface area contributed by atoms with Crippen LogP contribution in [-0.4, -0.2) is 25.1 Å². The van der Waals surface area contributed by atoms with Crippen LogP contribution in [0.1, 0.15) is 18.9 Å². The molecule has 0 fully saturated rings. The van der Waals surface area contributed by atoms with Crippen molar-refractivity contribution in [3.8, 4) is 16.9 Å². The predicted octanol–water partition coefficient (Wildman–Crippen LogP) is 4.87. The van der Waals surface area contributed by atoms with Crippen LogP contribution in [0.15, 0.2) is 78.9 Å². The van der Waals surface area contributed by atoms with Crippen molar-refractivity contribution in [2.45, 2.75) is 25.9 Å². The Kier molecular flexibility index (Phi) is 7.22. The van der Waals surface area contributed by atoms with Crippen LogP contribution in [0.25, 0.3) is 11.1 Å². The lowest BCUT2D eigenvalue weighted by Gasteiger charge is -2.16. The molecule has 0 aliphatic rings. The third-order valence-corrected chi connectivity index (χ3v) is 4.74. The molecule has 30 heavy (non-hydrogen) atoms. The third-order valence-electron chi connectivity index (χ3n) is 4.74. The van der Waals surface area contributed by atoms with Crippen LogP contribution in [0, 0.1) is 0 Å². The maximum atomic E-state index is 12.6. The highest BCUT2D eigenvalue weighted by molar-refractivity contribution is 5.98. The Bertz CT molecular complexity index is 1000. The molecule has 0 aromatic heterocycles. The van der Waals surface area contributed by atoms with E-state index in [1.165, 1.54) is 0 Å². The number of esters is 1. The first-order valence-corrected chi connectivity index (χ1v) is 9.85. The second kappa shape index (κ2) is 10.3. The normalized spacial score (nSPS) is 11.4. The summed E-state index contributed by atoms with van der Waals surface area (Å²) in [6.07, 6.45) is -0.258. The standard InChI is InChI=1S/C25H25NO4/c1-18(30-24(27)17-16-20-12-6-9-15-23(20)29-2)25(28)26-22-14-8-7-13-21(22)19-10-4-3-5-11-19/h3-15,18H,16-17H2,1-2H3,(H,26,28). The predicted molar refractivity (Wildman–Crippen MR) is 117 cm³/mol. The van der Waals surface area contributed by atoms with Gasteiger partial charge in [0.25, 0.3) is 5.91 Å². The number of nitrogens with one attached hydrogen (secondary N) is 1. The topological polar surface area (TPSA) is 64.6 Å². The molecule has 3 aromatic rings. The summed E-state index contributed by atoms with van der Waals surface area (Å²) >= 11 is 0. The zero-order valence-corrected chi connectivity index (χ0v) is 17.1. The fraction of sp³-hybridized carbons (Fsp3) is 0.200. The van der Waals surface area contributed by atoms with Gasteiger partial charge in [-0.2, -0.15) is 0 Å². The minimum atomic E-state index is -0.904. The van der Waals surface area contributed by atoms with E-state index in [-0.39, 0.29) is 12.3 Å². The van der Waals surface area contributed by atoms with Crippen molar-refractivity contribution in [2.75, 3.05) is 12.4 Å². The molecule has 1 amide bonds. The maximum absolute atomic E-state index is 12.6. The van der Waals surface area contributed by atoms with E-state index in [4.69, 9.17) is 9.47 Å². The molecule has 0 radical (unpaired) electrons. The summed E-state index contributed by atoms with van der Waals surface area (Å²) in [5.41, 5.74) is 3.49. The summed E-state index contributed by atoms with van der Waals surface area (Å²) < 4.78 is 10.6. The molecule has 0 heterocycles. The minimum Gasteiger partial charge on any atom is -0.496 e. The summed E-state index contributed by atoms with van der Waals surface area (Å²) in [4.78, 5) is 24.8. The number of rotatable bonds is 8. The van der Waals surface area contributed by atoms with Gasteiger partial charge in [0.1, 0.15) is 5.75 Å². The summed E-state index contributed by atoms with van der Waals surface area (Å²) in [6, 6.07) is 24.8. The van der Waals surface area contributed by atoms with Crippen LogP contribution in [0.5, 0.6) is 5.75 Å². The first-order valence-electron chi connectivity index (χ1n) is 9.85. The van der Waals surface area contributed by atoms with E-state index in [2.05, 4.69) is 5.32 Å². The van der Waals surface area contributed by atoms with E-state index in [0.29, 0.717) is 12.1 Å². The van der Waals surface area contributed by atoms with E-state index in [9.17, 15) is 9.59 Å². The molecule has 0 spiro atoms. The molecule has 0 aliphatic heterocycles. The average molecular weight is 403 g/mol. The number of amides is 1. The van der Waals surface area contributed by atoms with Crippen LogP contribution < -0.4 is 10.1 Å². The Labute approximate surface area is 176 Å². The first-order chi connectivity index (χ1) is 14.6. The van der Waals surface area contributed by atoms with E-state index in [0.717, 1.165) is 22.4 Å². The van der Waals surface area contributed by atoms with Crippen molar-refractivity contribution in [1.82, 2.24) is 0 Å². The molecular weight excluding hydrogens is 378 g/mol. The zero-order chi connectivity index (χ0) is 21.3. The number of anilines is 1. The first kappa shape index (κ1) is 21.1.